The minimum absolute atomic E-state index is 0.809. The highest BCUT2D eigenvalue weighted by Gasteiger charge is 1.80. The van der Waals surface area contributed by atoms with Crippen molar-refractivity contribution < 1.29 is 4.74 Å². The second-order valence-corrected chi connectivity index (χ2v) is 2.38. The molecular formula is C5H10IO. The van der Waals surface area contributed by atoms with Gasteiger partial charge in [-0.05, 0) is 17.3 Å². The number of hydrogen-bond donors (Lipinski definition) is 0. The molecule has 43 valence electrons. The molecule has 0 aromatic heterocycles. The molecule has 0 aliphatic heterocycles. The van der Waals surface area contributed by atoms with E-state index >= 15 is 0 Å². The van der Waals surface area contributed by atoms with E-state index in [2.05, 4.69) is 34.4 Å². The van der Waals surface area contributed by atoms with Gasteiger partial charge in [-0.15, -0.1) is 0 Å². The minimum Gasteiger partial charge on any atom is -0.379 e. The van der Waals surface area contributed by atoms with E-state index in [1.54, 1.807) is 0 Å². The topological polar surface area (TPSA) is 9.23 Å². The van der Waals surface area contributed by atoms with Crippen LogP contribution in [0.4, 0.5) is 0 Å². The van der Waals surface area contributed by atoms with Crippen LogP contribution in [0.3, 0.4) is 0 Å². The molecule has 2 heteroatoms. The zero-order valence-electron chi connectivity index (χ0n) is 4.32. The van der Waals surface area contributed by atoms with Gasteiger partial charge in [-0.1, -0.05) is 22.6 Å². The third kappa shape index (κ3) is 6.69. The number of unbranched alkanes of at least 4 members (excludes halogenated alkanes) is 1. The van der Waals surface area contributed by atoms with Gasteiger partial charge in [0.25, 0.3) is 0 Å². The lowest BCUT2D eigenvalue weighted by molar-refractivity contribution is 0.237. The Bertz CT molecular complexity index is 27.3. The molecule has 0 unspecified atom stereocenters. The van der Waals surface area contributed by atoms with Crippen molar-refractivity contribution in [2.24, 2.45) is 0 Å². The van der Waals surface area contributed by atoms with Crippen LogP contribution in [0.5, 0.6) is 0 Å². The lowest BCUT2D eigenvalue weighted by atomic mass is 10.4. The van der Waals surface area contributed by atoms with Gasteiger partial charge in [0.15, 0.2) is 0 Å². The number of hydrogen-bond acceptors (Lipinski definition) is 1. The number of rotatable bonds is 4. The largest absolute Gasteiger partial charge is 0.379 e. The maximum Gasteiger partial charge on any atom is 0.0700 e. The smallest absolute Gasteiger partial charge is 0.0700 e. The quantitative estimate of drug-likeness (QED) is 0.394. The molecule has 0 N–H and O–H groups in total. The first-order chi connectivity index (χ1) is 3.41. The summed E-state index contributed by atoms with van der Waals surface area (Å²) in [6.45, 7) is 0.809. The zero-order chi connectivity index (χ0) is 5.54. The van der Waals surface area contributed by atoms with Crippen LogP contribution in [0.15, 0.2) is 0 Å². The maximum atomic E-state index is 4.59. The Balaban J connectivity index is 2.45. The number of halogens is 1. The second kappa shape index (κ2) is 6.69. The summed E-state index contributed by atoms with van der Waals surface area (Å²) in [4.78, 5) is 0. The van der Waals surface area contributed by atoms with Gasteiger partial charge >= 0.3 is 0 Å². The molecule has 0 spiro atoms. The standard InChI is InChI=1S/C5H10IO/c1-7-5-3-2-4-6/h1-5H2. The Morgan fingerprint density at radius 1 is 1.43 bits per heavy atom. The highest BCUT2D eigenvalue weighted by Crippen LogP contribution is 1.93. The van der Waals surface area contributed by atoms with Gasteiger partial charge in [0.1, 0.15) is 0 Å². The van der Waals surface area contributed by atoms with Gasteiger partial charge < -0.3 is 4.74 Å². The Labute approximate surface area is 58.6 Å². The Morgan fingerprint density at radius 3 is 2.57 bits per heavy atom. The maximum absolute atomic E-state index is 4.59. The van der Waals surface area contributed by atoms with E-state index in [0.29, 0.717) is 0 Å². The Morgan fingerprint density at radius 2 is 2.14 bits per heavy atom. The van der Waals surface area contributed by atoms with E-state index in [4.69, 9.17) is 0 Å². The molecule has 7 heavy (non-hydrogen) atoms. The van der Waals surface area contributed by atoms with Gasteiger partial charge in [-0.3, -0.25) is 0 Å². The molecule has 0 rings (SSSR count). The molecule has 0 aliphatic rings. The van der Waals surface area contributed by atoms with E-state index in [-0.39, 0.29) is 0 Å². The lowest BCUT2D eigenvalue weighted by Crippen LogP contribution is -1.85. The molecule has 0 atom stereocenters. The summed E-state index contributed by atoms with van der Waals surface area (Å²) < 4.78 is 5.81. The summed E-state index contributed by atoms with van der Waals surface area (Å²) in [6.07, 6.45) is 2.39. The average molecular weight is 213 g/mol. The Hall–Kier alpha value is 0.690. The lowest BCUT2D eigenvalue weighted by Gasteiger charge is -1.91. The van der Waals surface area contributed by atoms with Crippen LogP contribution in [-0.2, 0) is 4.74 Å². The molecule has 0 amide bonds. The molecule has 0 saturated carbocycles. The molecule has 0 heterocycles. The first-order valence-corrected chi connectivity index (χ1v) is 3.87. The SMILES string of the molecule is [CH2]OCCCCI. The highest BCUT2D eigenvalue weighted by molar-refractivity contribution is 14.1. The van der Waals surface area contributed by atoms with Crippen LogP contribution in [0.2, 0.25) is 0 Å². The minimum atomic E-state index is 0.809. The van der Waals surface area contributed by atoms with Crippen LogP contribution in [-0.4, -0.2) is 11.0 Å². The fraction of sp³-hybridized carbons (Fsp3) is 0.800. The first-order valence-electron chi connectivity index (χ1n) is 2.34. The van der Waals surface area contributed by atoms with Crippen LogP contribution < -0.4 is 0 Å². The summed E-state index contributed by atoms with van der Waals surface area (Å²) in [6, 6.07) is 0. The van der Waals surface area contributed by atoms with Gasteiger partial charge in [-0.25, -0.2) is 0 Å². The van der Waals surface area contributed by atoms with Crippen LogP contribution in [0.1, 0.15) is 12.8 Å². The van der Waals surface area contributed by atoms with Gasteiger partial charge in [0, 0.05) is 6.61 Å². The summed E-state index contributed by atoms with van der Waals surface area (Å²) in [7, 11) is 3.26. The van der Waals surface area contributed by atoms with E-state index in [1.165, 1.54) is 10.8 Å². The first kappa shape index (κ1) is 7.69. The van der Waals surface area contributed by atoms with E-state index < -0.39 is 0 Å². The molecule has 0 aromatic rings. The molecule has 1 radical (unpaired) electrons. The van der Waals surface area contributed by atoms with Crippen LogP contribution >= 0.6 is 22.6 Å². The Kier molecular flexibility index (Phi) is 7.35. The van der Waals surface area contributed by atoms with Crippen molar-refractivity contribution in [2.45, 2.75) is 12.8 Å². The average Bonchev–Trinajstić information content (AvgIpc) is 1.69. The fourth-order valence-electron chi connectivity index (χ4n) is 0.299. The highest BCUT2D eigenvalue weighted by atomic mass is 127. The summed E-state index contributed by atoms with van der Waals surface area (Å²) in [5.41, 5.74) is 0. The van der Waals surface area contributed by atoms with Crippen molar-refractivity contribution in [1.29, 1.82) is 0 Å². The predicted octanol–water partition coefficient (Wildman–Crippen LogP) is 2.01. The molecule has 0 aliphatic carbocycles. The molecular weight excluding hydrogens is 203 g/mol. The number of alkyl halides is 1. The number of ether oxygens (including phenoxy) is 1. The van der Waals surface area contributed by atoms with Crippen LogP contribution in [0.25, 0.3) is 0 Å². The normalized spacial score (nSPS) is 9.43. The van der Waals surface area contributed by atoms with E-state index in [1.807, 2.05) is 0 Å². The monoisotopic (exact) mass is 213 g/mol. The predicted molar refractivity (Wildman–Crippen MR) is 39.4 cm³/mol. The van der Waals surface area contributed by atoms with Crippen molar-refractivity contribution in [3.8, 4) is 0 Å². The van der Waals surface area contributed by atoms with Gasteiger partial charge in [-0.2, -0.15) is 0 Å². The molecule has 0 aromatic carbocycles. The van der Waals surface area contributed by atoms with Crippen LogP contribution in [0, 0.1) is 7.11 Å². The van der Waals surface area contributed by atoms with Crippen molar-refractivity contribution in [2.75, 3.05) is 11.0 Å². The third-order valence-electron chi connectivity index (χ3n) is 0.672. The molecule has 0 saturated heterocycles. The van der Waals surface area contributed by atoms with Gasteiger partial charge in [0.05, 0.1) is 7.11 Å². The fourth-order valence-corrected chi connectivity index (χ4v) is 0.838. The van der Waals surface area contributed by atoms with Crippen molar-refractivity contribution in [3.05, 3.63) is 7.11 Å². The summed E-state index contributed by atoms with van der Waals surface area (Å²) in [5.74, 6) is 0. The van der Waals surface area contributed by atoms with Crippen molar-refractivity contribution in [3.63, 3.8) is 0 Å². The van der Waals surface area contributed by atoms with Crippen molar-refractivity contribution in [1.82, 2.24) is 0 Å². The second-order valence-electron chi connectivity index (χ2n) is 1.30. The van der Waals surface area contributed by atoms with E-state index in [0.717, 1.165) is 13.0 Å². The molecule has 1 nitrogen and oxygen atoms in total. The van der Waals surface area contributed by atoms with E-state index in [9.17, 15) is 0 Å². The van der Waals surface area contributed by atoms with Gasteiger partial charge in [0.2, 0.25) is 0 Å². The summed E-state index contributed by atoms with van der Waals surface area (Å²) in [5, 5.41) is 0. The van der Waals surface area contributed by atoms with Crippen molar-refractivity contribution >= 4 is 22.6 Å². The molecule has 0 fully saturated rings. The third-order valence-corrected chi connectivity index (χ3v) is 1.44. The summed E-state index contributed by atoms with van der Waals surface area (Å²) >= 11 is 2.35. The zero-order valence-corrected chi connectivity index (χ0v) is 6.48. The molecule has 0 bridgehead atoms.